The van der Waals surface area contributed by atoms with Crippen LogP contribution in [0, 0.1) is 0 Å². The monoisotopic (exact) mass is 274 g/mol. The van der Waals surface area contributed by atoms with E-state index in [9.17, 15) is 15.0 Å². The van der Waals surface area contributed by atoms with Gasteiger partial charge >= 0.3 is 5.97 Å². The molecule has 0 aliphatic carbocycles. The minimum atomic E-state index is -1.31. The topological polar surface area (TPSA) is 103 Å². The Kier molecular flexibility index (Phi) is 5.49. The van der Waals surface area contributed by atoms with Crippen molar-refractivity contribution in [1.29, 1.82) is 0 Å². The summed E-state index contributed by atoms with van der Waals surface area (Å²) in [5, 5.41) is 31.5. The number of hydrogen-bond donors (Lipinski definition) is 4. The summed E-state index contributed by atoms with van der Waals surface area (Å²) in [5.41, 5.74) is -0.297. The van der Waals surface area contributed by atoms with Crippen molar-refractivity contribution < 1.29 is 20.1 Å². The lowest BCUT2D eigenvalue weighted by Crippen LogP contribution is -2.25. The van der Waals surface area contributed by atoms with Crippen LogP contribution in [0.1, 0.15) is 28.6 Å². The first-order chi connectivity index (χ1) is 8.47. The van der Waals surface area contributed by atoms with Gasteiger partial charge in [0.15, 0.2) is 5.69 Å². The predicted octanol–water partition coefficient (Wildman–Crippen LogP) is 0.437. The number of aromatic nitrogens is 1. The Hall–Kier alpha value is -1.21. The third kappa shape index (κ3) is 3.64. The quantitative estimate of drug-likeness (QED) is 0.561. The van der Waals surface area contributed by atoms with Gasteiger partial charge in [-0.1, -0.05) is 17.7 Å². The van der Waals surface area contributed by atoms with Gasteiger partial charge in [0.2, 0.25) is 0 Å². The van der Waals surface area contributed by atoms with E-state index in [4.69, 9.17) is 16.7 Å². The van der Waals surface area contributed by atoms with Gasteiger partial charge in [-0.15, -0.1) is 0 Å². The summed E-state index contributed by atoms with van der Waals surface area (Å²) in [6, 6.07) is 2.73. The third-order valence-electron chi connectivity index (χ3n) is 2.47. The van der Waals surface area contributed by atoms with E-state index in [-0.39, 0.29) is 16.4 Å². The second-order valence-corrected chi connectivity index (χ2v) is 4.17. The highest BCUT2D eigenvalue weighted by molar-refractivity contribution is 6.29. The molecule has 0 bridgehead atoms. The fraction of sp³-hybridized carbons (Fsp3) is 0.455. The molecule has 4 N–H and O–H groups in total. The molecular weight excluding hydrogens is 260 g/mol. The first-order valence-electron chi connectivity index (χ1n) is 5.37. The van der Waals surface area contributed by atoms with Crippen LogP contribution in [-0.2, 0) is 0 Å². The minimum Gasteiger partial charge on any atom is -0.476 e. The summed E-state index contributed by atoms with van der Waals surface area (Å²) in [5.74, 6) is -1.30. The highest BCUT2D eigenvalue weighted by Gasteiger charge is 2.24. The molecule has 1 heterocycles. The number of nitrogens with one attached hydrogen (secondary N) is 1. The number of aliphatic hydroxyl groups is 2. The lowest BCUT2D eigenvalue weighted by molar-refractivity contribution is 0.0128. The summed E-state index contributed by atoms with van der Waals surface area (Å²) in [7, 11) is 1.71. The molecule has 1 aromatic heterocycles. The molecule has 0 saturated carbocycles. The Morgan fingerprint density at radius 1 is 1.50 bits per heavy atom. The van der Waals surface area contributed by atoms with Crippen molar-refractivity contribution in [2.45, 2.75) is 18.6 Å². The maximum absolute atomic E-state index is 11.0. The molecule has 18 heavy (non-hydrogen) atoms. The van der Waals surface area contributed by atoms with E-state index >= 15 is 0 Å². The van der Waals surface area contributed by atoms with Crippen molar-refractivity contribution >= 4 is 17.6 Å². The van der Waals surface area contributed by atoms with Crippen molar-refractivity contribution in [3.8, 4) is 0 Å². The van der Waals surface area contributed by atoms with E-state index in [0.717, 1.165) is 0 Å². The van der Waals surface area contributed by atoms with Gasteiger partial charge in [-0.05, 0) is 26.1 Å². The summed E-state index contributed by atoms with van der Waals surface area (Å²) < 4.78 is 0. The molecule has 0 aliphatic heterocycles. The SMILES string of the molecule is CNCCC(O)C(O)c1ccc(Cl)nc1C(=O)O. The van der Waals surface area contributed by atoms with Crippen LogP contribution >= 0.6 is 11.6 Å². The van der Waals surface area contributed by atoms with Crippen molar-refractivity contribution in [1.82, 2.24) is 10.3 Å². The van der Waals surface area contributed by atoms with Crippen LogP contribution in [0.25, 0.3) is 0 Å². The number of carboxylic acid groups (broad SMARTS) is 1. The summed E-state index contributed by atoms with van der Waals surface area (Å²) in [6.45, 7) is 0.502. The van der Waals surface area contributed by atoms with Crippen LogP contribution in [-0.4, -0.2) is 46.0 Å². The van der Waals surface area contributed by atoms with Gasteiger partial charge in [-0.2, -0.15) is 0 Å². The zero-order chi connectivity index (χ0) is 13.7. The largest absolute Gasteiger partial charge is 0.476 e. The number of carbonyl (C=O) groups is 1. The van der Waals surface area contributed by atoms with Crippen molar-refractivity contribution in [2.75, 3.05) is 13.6 Å². The molecule has 0 aromatic carbocycles. The molecule has 1 aromatic rings. The predicted molar refractivity (Wildman–Crippen MR) is 65.7 cm³/mol. The molecule has 0 aliphatic rings. The van der Waals surface area contributed by atoms with Crippen LogP contribution in [0.5, 0.6) is 0 Å². The van der Waals surface area contributed by atoms with Crippen molar-refractivity contribution in [3.63, 3.8) is 0 Å². The highest BCUT2D eigenvalue weighted by Crippen LogP contribution is 2.23. The van der Waals surface area contributed by atoms with Gasteiger partial charge in [-0.25, -0.2) is 9.78 Å². The number of pyridine rings is 1. The molecule has 100 valence electrons. The molecule has 0 saturated heterocycles. The zero-order valence-electron chi connectivity index (χ0n) is 9.80. The standard InChI is InChI=1S/C11H15ClN2O4/c1-13-5-4-7(15)10(16)6-2-3-8(12)14-9(6)11(17)18/h2-3,7,10,13,15-16H,4-5H2,1H3,(H,17,18). The lowest BCUT2D eigenvalue weighted by Gasteiger charge is -2.19. The van der Waals surface area contributed by atoms with E-state index < -0.39 is 18.2 Å². The fourth-order valence-electron chi connectivity index (χ4n) is 1.51. The van der Waals surface area contributed by atoms with Crippen LogP contribution in [0.2, 0.25) is 5.15 Å². The van der Waals surface area contributed by atoms with Gasteiger partial charge < -0.3 is 20.6 Å². The maximum atomic E-state index is 11.0. The number of hydrogen-bond acceptors (Lipinski definition) is 5. The van der Waals surface area contributed by atoms with Crippen LogP contribution in [0.3, 0.4) is 0 Å². The molecular formula is C11H15ClN2O4. The average molecular weight is 275 g/mol. The molecule has 2 unspecified atom stereocenters. The Morgan fingerprint density at radius 2 is 2.17 bits per heavy atom. The van der Waals surface area contributed by atoms with Gasteiger partial charge in [-0.3, -0.25) is 0 Å². The van der Waals surface area contributed by atoms with E-state index in [2.05, 4.69) is 10.3 Å². The fourth-order valence-corrected chi connectivity index (χ4v) is 1.66. The van der Waals surface area contributed by atoms with Crippen LogP contribution in [0.4, 0.5) is 0 Å². The summed E-state index contributed by atoms with van der Waals surface area (Å²) >= 11 is 5.60. The number of carboxylic acids is 1. The maximum Gasteiger partial charge on any atom is 0.354 e. The zero-order valence-corrected chi connectivity index (χ0v) is 10.6. The minimum absolute atomic E-state index is 0.0214. The Balaban J connectivity index is 2.97. The van der Waals surface area contributed by atoms with E-state index in [1.54, 1.807) is 7.05 Å². The highest BCUT2D eigenvalue weighted by atomic mass is 35.5. The number of nitrogens with zero attached hydrogens (tertiary/aromatic N) is 1. The average Bonchev–Trinajstić information content (AvgIpc) is 2.34. The molecule has 2 atom stereocenters. The smallest absolute Gasteiger partial charge is 0.354 e. The normalized spacial score (nSPS) is 14.2. The van der Waals surface area contributed by atoms with Crippen molar-refractivity contribution in [2.24, 2.45) is 0 Å². The molecule has 1 rings (SSSR count). The van der Waals surface area contributed by atoms with Gasteiger partial charge in [0.1, 0.15) is 11.3 Å². The Bertz CT molecular complexity index is 428. The van der Waals surface area contributed by atoms with Crippen LogP contribution < -0.4 is 5.32 Å². The third-order valence-corrected chi connectivity index (χ3v) is 2.68. The van der Waals surface area contributed by atoms with E-state index in [0.29, 0.717) is 13.0 Å². The first kappa shape index (κ1) is 14.8. The molecule has 0 spiro atoms. The molecule has 0 amide bonds. The molecule has 0 fully saturated rings. The van der Waals surface area contributed by atoms with Gasteiger partial charge in [0.25, 0.3) is 0 Å². The second-order valence-electron chi connectivity index (χ2n) is 3.78. The number of aliphatic hydroxyl groups excluding tert-OH is 2. The molecule has 0 radical (unpaired) electrons. The van der Waals surface area contributed by atoms with Crippen molar-refractivity contribution in [3.05, 3.63) is 28.5 Å². The summed E-state index contributed by atoms with van der Waals surface area (Å²) in [6.07, 6.45) is -2.09. The summed E-state index contributed by atoms with van der Waals surface area (Å²) in [4.78, 5) is 14.6. The number of rotatable bonds is 6. The molecule has 6 nitrogen and oxygen atoms in total. The van der Waals surface area contributed by atoms with E-state index in [1.165, 1.54) is 12.1 Å². The molecule has 7 heteroatoms. The van der Waals surface area contributed by atoms with Crippen LogP contribution in [0.15, 0.2) is 12.1 Å². The van der Waals surface area contributed by atoms with E-state index in [1.807, 2.05) is 0 Å². The Labute approximate surface area is 109 Å². The van der Waals surface area contributed by atoms with Gasteiger partial charge in [0.05, 0.1) is 6.10 Å². The first-order valence-corrected chi connectivity index (χ1v) is 5.75. The second kappa shape index (κ2) is 6.65. The number of halogens is 1. The Morgan fingerprint density at radius 3 is 2.72 bits per heavy atom. The number of aromatic carboxylic acids is 1. The lowest BCUT2D eigenvalue weighted by atomic mass is 10.0. The van der Waals surface area contributed by atoms with Gasteiger partial charge in [0, 0.05) is 5.56 Å².